The van der Waals surface area contributed by atoms with Crippen molar-refractivity contribution in [3.8, 4) is 0 Å². The third-order valence-corrected chi connectivity index (χ3v) is 4.59. The molecule has 0 aliphatic carbocycles. The molecule has 118 valence electrons. The number of likely N-dealkylation sites (tertiary alicyclic amines) is 1. The van der Waals surface area contributed by atoms with E-state index in [2.05, 4.69) is 23.3 Å². The Morgan fingerprint density at radius 2 is 2.09 bits per heavy atom. The summed E-state index contributed by atoms with van der Waals surface area (Å²) in [5, 5.41) is 2.59. The summed E-state index contributed by atoms with van der Waals surface area (Å²) in [5.41, 5.74) is 7.76. The predicted octanol–water partition coefficient (Wildman–Crippen LogP) is 0.101. The molecule has 2 amide bonds. The largest absolute Gasteiger partial charge is 0.345 e. The second-order valence-corrected chi connectivity index (χ2v) is 6.11. The highest BCUT2D eigenvalue weighted by atomic mass is 16.2. The van der Waals surface area contributed by atoms with Crippen molar-refractivity contribution < 1.29 is 9.59 Å². The standard InChI is InChI=1S/C16H22N4O2/c1-19-9-11(7-17)6-14(19)12-4-2-3-5-13(12)20-10-15(21)18-8-16(20)22/h2-5,11,14H,6-10,17H2,1H3,(H,18,21). The Labute approximate surface area is 130 Å². The Balaban J connectivity index is 1.93. The number of anilines is 1. The van der Waals surface area contributed by atoms with E-state index in [1.165, 1.54) is 0 Å². The maximum absolute atomic E-state index is 12.2. The topological polar surface area (TPSA) is 78.7 Å². The molecule has 2 atom stereocenters. The van der Waals surface area contributed by atoms with E-state index in [1.54, 1.807) is 4.90 Å². The van der Waals surface area contributed by atoms with Crippen LogP contribution in [-0.4, -0.2) is 49.9 Å². The minimum absolute atomic E-state index is 0.0666. The maximum atomic E-state index is 12.2. The van der Waals surface area contributed by atoms with Gasteiger partial charge in [-0.1, -0.05) is 18.2 Å². The Morgan fingerprint density at radius 1 is 1.32 bits per heavy atom. The van der Waals surface area contributed by atoms with Gasteiger partial charge in [0.2, 0.25) is 11.8 Å². The van der Waals surface area contributed by atoms with Crippen molar-refractivity contribution in [2.45, 2.75) is 12.5 Å². The van der Waals surface area contributed by atoms with Crippen LogP contribution in [-0.2, 0) is 9.59 Å². The number of hydrogen-bond donors (Lipinski definition) is 2. The van der Waals surface area contributed by atoms with Gasteiger partial charge in [0.25, 0.3) is 0 Å². The summed E-state index contributed by atoms with van der Waals surface area (Å²) >= 11 is 0. The number of para-hydroxylation sites is 1. The fourth-order valence-electron chi connectivity index (χ4n) is 3.43. The summed E-state index contributed by atoms with van der Waals surface area (Å²) in [6, 6.07) is 8.11. The molecular weight excluding hydrogens is 280 g/mol. The minimum atomic E-state index is -0.117. The molecule has 3 rings (SSSR count). The predicted molar refractivity (Wildman–Crippen MR) is 84.3 cm³/mol. The summed E-state index contributed by atoms with van der Waals surface area (Å²) in [5.74, 6) is 0.292. The van der Waals surface area contributed by atoms with Crippen molar-refractivity contribution in [2.24, 2.45) is 11.7 Å². The normalized spacial score (nSPS) is 26.4. The van der Waals surface area contributed by atoms with E-state index in [0.29, 0.717) is 12.5 Å². The molecule has 6 heteroatoms. The molecule has 0 radical (unpaired) electrons. The van der Waals surface area contributed by atoms with E-state index in [9.17, 15) is 9.59 Å². The quantitative estimate of drug-likeness (QED) is 0.830. The highest BCUT2D eigenvalue weighted by Crippen LogP contribution is 2.38. The van der Waals surface area contributed by atoms with Crippen molar-refractivity contribution >= 4 is 17.5 Å². The second-order valence-electron chi connectivity index (χ2n) is 6.11. The molecule has 2 fully saturated rings. The molecule has 1 aromatic rings. The van der Waals surface area contributed by atoms with Crippen molar-refractivity contribution in [2.75, 3.05) is 38.1 Å². The van der Waals surface area contributed by atoms with Crippen LogP contribution < -0.4 is 16.0 Å². The van der Waals surface area contributed by atoms with Crippen LogP contribution in [0.5, 0.6) is 0 Å². The summed E-state index contributed by atoms with van der Waals surface area (Å²) < 4.78 is 0. The highest BCUT2D eigenvalue weighted by molar-refractivity contribution is 6.05. The van der Waals surface area contributed by atoms with Crippen LogP contribution >= 0.6 is 0 Å². The third-order valence-electron chi connectivity index (χ3n) is 4.59. The van der Waals surface area contributed by atoms with E-state index in [1.807, 2.05) is 18.2 Å². The number of piperazine rings is 1. The first-order valence-corrected chi connectivity index (χ1v) is 7.66. The summed E-state index contributed by atoms with van der Waals surface area (Å²) in [6.45, 7) is 1.80. The molecule has 2 heterocycles. The van der Waals surface area contributed by atoms with Crippen LogP contribution in [0.1, 0.15) is 18.0 Å². The number of nitrogens with one attached hydrogen (secondary N) is 1. The maximum Gasteiger partial charge on any atom is 0.246 e. The minimum Gasteiger partial charge on any atom is -0.345 e. The van der Waals surface area contributed by atoms with Gasteiger partial charge < -0.3 is 16.0 Å². The SMILES string of the molecule is CN1CC(CN)CC1c1ccccc1N1CC(=O)NCC1=O. The van der Waals surface area contributed by atoms with Gasteiger partial charge in [0.1, 0.15) is 6.54 Å². The van der Waals surface area contributed by atoms with Crippen LogP contribution in [0.25, 0.3) is 0 Å². The van der Waals surface area contributed by atoms with Gasteiger partial charge in [-0.15, -0.1) is 0 Å². The zero-order chi connectivity index (χ0) is 15.7. The zero-order valence-corrected chi connectivity index (χ0v) is 12.8. The molecule has 2 saturated heterocycles. The molecule has 0 spiro atoms. The van der Waals surface area contributed by atoms with Crippen molar-refractivity contribution in [3.63, 3.8) is 0 Å². The number of carbonyl (C=O) groups is 2. The van der Waals surface area contributed by atoms with Gasteiger partial charge in [-0.05, 0) is 37.6 Å². The van der Waals surface area contributed by atoms with Gasteiger partial charge in [0.05, 0.1) is 6.54 Å². The van der Waals surface area contributed by atoms with Crippen LogP contribution in [0.2, 0.25) is 0 Å². The Morgan fingerprint density at radius 3 is 2.82 bits per heavy atom. The zero-order valence-electron chi connectivity index (χ0n) is 12.8. The fraction of sp³-hybridized carbons (Fsp3) is 0.500. The van der Waals surface area contributed by atoms with Crippen molar-refractivity contribution in [1.82, 2.24) is 10.2 Å². The van der Waals surface area contributed by atoms with Crippen molar-refractivity contribution in [3.05, 3.63) is 29.8 Å². The van der Waals surface area contributed by atoms with E-state index in [-0.39, 0.29) is 30.9 Å². The van der Waals surface area contributed by atoms with Gasteiger partial charge in [0, 0.05) is 18.3 Å². The number of hydrogen-bond acceptors (Lipinski definition) is 4. The molecule has 1 aromatic carbocycles. The lowest BCUT2D eigenvalue weighted by Crippen LogP contribution is -2.52. The van der Waals surface area contributed by atoms with E-state index in [0.717, 1.165) is 24.2 Å². The van der Waals surface area contributed by atoms with Crippen LogP contribution in [0.15, 0.2) is 24.3 Å². The van der Waals surface area contributed by atoms with E-state index in [4.69, 9.17) is 5.73 Å². The molecule has 0 aromatic heterocycles. The lowest BCUT2D eigenvalue weighted by molar-refractivity contribution is -0.128. The van der Waals surface area contributed by atoms with Gasteiger partial charge in [-0.2, -0.15) is 0 Å². The van der Waals surface area contributed by atoms with Gasteiger partial charge in [0.15, 0.2) is 0 Å². The molecule has 0 saturated carbocycles. The van der Waals surface area contributed by atoms with Crippen molar-refractivity contribution in [1.29, 1.82) is 0 Å². The second kappa shape index (κ2) is 6.06. The smallest absolute Gasteiger partial charge is 0.246 e. The number of nitrogens with zero attached hydrogens (tertiary/aromatic N) is 2. The first-order chi connectivity index (χ1) is 10.6. The lowest BCUT2D eigenvalue weighted by Gasteiger charge is -2.31. The average molecular weight is 302 g/mol. The monoisotopic (exact) mass is 302 g/mol. The Hall–Kier alpha value is -1.92. The molecule has 0 bridgehead atoms. The van der Waals surface area contributed by atoms with Crippen LogP contribution in [0.4, 0.5) is 5.69 Å². The molecule has 2 aliphatic heterocycles. The Bertz CT molecular complexity index is 589. The summed E-state index contributed by atoms with van der Waals surface area (Å²) in [6.07, 6.45) is 0.984. The van der Waals surface area contributed by atoms with Crippen LogP contribution in [0.3, 0.4) is 0 Å². The van der Waals surface area contributed by atoms with Gasteiger partial charge >= 0.3 is 0 Å². The van der Waals surface area contributed by atoms with E-state index >= 15 is 0 Å². The summed E-state index contributed by atoms with van der Waals surface area (Å²) in [4.78, 5) is 27.7. The molecule has 3 N–H and O–H groups in total. The molecule has 22 heavy (non-hydrogen) atoms. The number of benzene rings is 1. The molecule has 6 nitrogen and oxygen atoms in total. The number of amides is 2. The van der Waals surface area contributed by atoms with Crippen LogP contribution in [0, 0.1) is 5.92 Å². The van der Waals surface area contributed by atoms with Gasteiger partial charge in [-0.25, -0.2) is 0 Å². The highest BCUT2D eigenvalue weighted by Gasteiger charge is 2.34. The number of rotatable bonds is 3. The molecule has 2 unspecified atom stereocenters. The Kier molecular flexibility index (Phi) is 4.13. The molecular formula is C16H22N4O2. The number of nitrogens with two attached hydrogens (primary N) is 1. The number of carbonyl (C=O) groups excluding carboxylic acids is 2. The average Bonchev–Trinajstić information content (AvgIpc) is 2.91. The third kappa shape index (κ3) is 2.71. The fourth-order valence-corrected chi connectivity index (χ4v) is 3.43. The van der Waals surface area contributed by atoms with Gasteiger partial charge in [-0.3, -0.25) is 14.5 Å². The summed E-state index contributed by atoms with van der Waals surface area (Å²) in [7, 11) is 2.09. The van der Waals surface area contributed by atoms with E-state index < -0.39 is 0 Å². The molecule has 2 aliphatic rings. The lowest BCUT2D eigenvalue weighted by atomic mass is 9.97. The first kappa shape index (κ1) is 15.0. The first-order valence-electron chi connectivity index (χ1n) is 7.66.